The molecule has 1 rings (SSSR count). The second-order valence-corrected chi connectivity index (χ2v) is 3.45. The summed E-state index contributed by atoms with van der Waals surface area (Å²) in [5, 5.41) is 5.21. The van der Waals surface area contributed by atoms with Crippen LogP contribution in [-0.2, 0) is 11.3 Å². The van der Waals surface area contributed by atoms with Crippen LogP contribution in [0.5, 0.6) is 0 Å². The van der Waals surface area contributed by atoms with Gasteiger partial charge >= 0.3 is 0 Å². The molecule has 0 radical (unpaired) electrons. The third-order valence-electron chi connectivity index (χ3n) is 2.22. The van der Waals surface area contributed by atoms with Gasteiger partial charge in [0, 0.05) is 24.7 Å². The number of rotatable bonds is 5. The smallest absolute Gasteiger partial charge is 0.248 e. The SMILES string of the molecule is CNC(=O)CNCc1ccc(C(N)=O)cc1F. The van der Waals surface area contributed by atoms with Crippen LogP contribution in [0.3, 0.4) is 0 Å². The number of primary amides is 1. The zero-order valence-electron chi connectivity index (χ0n) is 9.42. The molecule has 92 valence electrons. The Hall–Kier alpha value is -1.95. The third kappa shape index (κ3) is 3.84. The number of benzene rings is 1. The van der Waals surface area contributed by atoms with E-state index in [4.69, 9.17) is 5.73 Å². The number of halogens is 1. The van der Waals surface area contributed by atoms with Crippen LogP contribution in [0, 0.1) is 5.82 Å². The van der Waals surface area contributed by atoms with Gasteiger partial charge in [-0.25, -0.2) is 4.39 Å². The maximum absolute atomic E-state index is 13.5. The van der Waals surface area contributed by atoms with Crippen LogP contribution in [0.2, 0.25) is 0 Å². The molecule has 0 aliphatic heterocycles. The monoisotopic (exact) mass is 239 g/mol. The zero-order chi connectivity index (χ0) is 12.8. The normalized spacial score (nSPS) is 10.0. The van der Waals surface area contributed by atoms with E-state index in [1.165, 1.54) is 19.2 Å². The summed E-state index contributed by atoms with van der Waals surface area (Å²) in [5.41, 5.74) is 5.51. The molecule has 1 aromatic rings. The van der Waals surface area contributed by atoms with Crippen LogP contribution in [0.1, 0.15) is 15.9 Å². The van der Waals surface area contributed by atoms with Gasteiger partial charge in [0.1, 0.15) is 5.82 Å². The average Bonchev–Trinajstić information content (AvgIpc) is 2.30. The quantitative estimate of drug-likeness (QED) is 0.663. The summed E-state index contributed by atoms with van der Waals surface area (Å²) in [6, 6.07) is 3.99. The standard InChI is InChI=1S/C11H14FN3O2/c1-14-10(16)6-15-5-8-3-2-7(11(13)17)4-9(8)12/h2-4,15H,5-6H2,1H3,(H2,13,17)(H,14,16). The largest absolute Gasteiger partial charge is 0.366 e. The summed E-state index contributed by atoms with van der Waals surface area (Å²) in [6.07, 6.45) is 0. The molecule has 0 aliphatic rings. The Morgan fingerprint density at radius 1 is 1.41 bits per heavy atom. The summed E-state index contributed by atoms with van der Waals surface area (Å²) >= 11 is 0. The van der Waals surface area contributed by atoms with E-state index in [9.17, 15) is 14.0 Å². The lowest BCUT2D eigenvalue weighted by molar-refractivity contribution is -0.119. The van der Waals surface area contributed by atoms with Crippen molar-refractivity contribution in [1.29, 1.82) is 0 Å². The Kier molecular flexibility index (Phi) is 4.59. The van der Waals surface area contributed by atoms with Crippen molar-refractivity contribution in [3.8, 4) is 0 Å². The topological polar surface area (TPSA) is 84.2 Å². The van der Waals surface area contributed by atoms with Crippen LogP contribution >= 0.6 is 0 Å². The third-order valence-corrected chi connectivity index (χ3v) is 2.22. The van der Waals surface area contributed by atoms with Gasteiger partial charge < -0.3 is 16.4 Å². The highest BCUT2D eigenvalue weighted by Crippen LogP contribution is 2.09. The minimum Gasteiger partial charge on any atom is -0.366 e. The summed E-state index contributed by atoms with van der Waals surface area (Å²) in [4.78, 5) is 21.7. The van der Waals surface area contributed by atoms with E-state index in [1.807, 2.05) is 0 Å². The molecule has 0 saturated carbocycles. The van der Waals surface area contributed by atoms with Gasteiger partial charge in [-0.05, 0) is 12.1 Å². The summed E-state index contributed by atoms with van der Waals surface area (Å²) in [7, 11) is 1.52. The number of hydrogen-bond donors (Lipinski definition) is 3. The maximum atomic E-state index is 13.5. The number of hydrogen-bond acceptors (Lipinski definition) is 3. The maximum Gasteiger partial charge on any atom is 0.248 e. The van der Waals surface area contributed by atoms with Crippen molar-refractivity contribution in [3.05, 3.63) is 35.1 Å². The molecule has 0 fully saturated rings. The molecular formula is C11H14FN3O2. The summed E-state index contributed by atoms with van der Waals surface area (Å²) < 4.78 is 13.5. The molecule has 4 N–H and O–H groups in total. The Balaban J connectivity index is 2.60. The van der Waals surface area contributed by atoms with Gasteiger partial charge in [-0.1, -0.05) is 6.07 Å². The molecule has 17 heavy (non-hydrogen) atoms. The number of amides is 2. The molecule has 0 aliphatic carbocycles. The molecule has 0 heterocycles. The van der Waals surface area contributed by atoms with Gasteiger partial charge in [0.25, 0.3) is 0 Å². The molecule has 0 saturated heterocycles. The highest BCUT2D eigenvalue weighted by molar-refractivity contribution is 5.92. The van der Waals surface area contributed by atoms with Crippen molar-refractivity contribution in [2.45, 2.75) is 6.54 Å². The van der Waals surface area contributed by atoms with Crippen molar-refractivity contribution in [2.24, 2.45) is 5.73 Å². The van der Waals surface area contributed by atoms with Gasteiger partial charge in [-0.15, -0.1) is 0 Å². The first-order valence-electron chi connectivity index (χ1n) is 5.04. The second kappa shape index (κ2) is 5.95. The number of carbonyl (C=O) groups excluding carboxylic acids is 2. The van der Waals surface area contributed by atoms with E-state index in [-0.39, 0.29) is 24.6 Å². The number of likely N-dealkylation sites (N-methyl/N-ethyl adjacent to an activating group) is 1. The molecule has 0 spiro atoms. The van der Waals surface area contributed by atoms with Crippen molar-refractivity contribution in [1.82, 2.24) is 10.6 Å². The lowest BCUT2D eigenvalue weighted by atomic mass is 10.1. The first kappa shape index (κ1) is 13.1. The average molecular weight is 239 g/mol. The molecule has 0 aromatic heterocycles. The zero-order valence-corrected chi connectivity index (χ0v) is 9.42. The fraction of sp³-hybridized carbons (Fsp3) is 0.273. The van der Waals surface area contributed by atoms with E-state index < -0.39 is 11.7 Å². The summed E-state index contributed by atoms with van der Waals surface area (Å²) in [6.45, 7) is 0.311. The molecule has 0 bridgehead atoms. The van der Waals surface area contributed by atoms with Crippen molar-refractivity contribution in [3.63, 3.8) is 0 Å². The molecule has 1 aromatic carbocycles. The fourth-order valence-corrected chi connectivity index (χ4v) is 1.24. The lowest BCUT2D eigenvalue weighted by Gasteiger charge is -2.06. The molecule has 0 unspecified atom stereocenters. The van der Waals surface area contributed by atoms with Gasteiger partial charge in [0.2, 0.25) is 11.8 Å². The minimum absolute atomic E-state index is 0.105. The van der Waals surface area contributed by atoms with E-state index >= 15 is 0 Å². The highest BCUT2D eigenvalue weighted by Gasteiger charge is 2.07. The molecular weight excluding hydrogens is 225 g/mol. The van der Waals surface area contributed by atoms with Gasteiger partial charge in [-0.3, -0.25) is 9.59 Å². The van der Waals surface area contributed by atoms with Crippen molar-refractivity contribution >= 4 is 11.8 Å². The van der Waals surface area contributed by atoms with Crippen LogP contribution in [0.25, 0.3) is 0 Å². The van der Waals surface area contributed by atoms with Gasteiger partial charge in [0.15, 0.2) is 0 Å². The van der Waals surface area contributed by atoms with Crippen LogP contribution in [0.15, 0.2) is 18.2 Å². The van der Waals surface area contributed by atoms with E-state index in [2.05, 4.69) is 10.6 Å². The molecule has 6 heteroatoms. The minimum atomic E-state index is -0.672. The van der Waals surface area contributed by atoms with E-state index in [0.29, 0.717) is 5.56 Å². The molecule has 5 nitrogen and oxygen atoms in total. The number of carbonyl (C=O) groups is 2. The van der Waals surface area contributed by atoms with Gasteiger partial charge in [0.05, 0.1) is 6.54 Å². The predicted octanol–water partition coefficient (Wildman–Crippen LogP) is -0.240. The second-order valence-electron chi connectivity index (χ2n) is 3.45. The molecule has 2 amide bonds. The first-order valence-corrected chi connectivity index (χ1v) is 5.04. The first-order chi connectivity index (χ1) is 8.04. The number of nitrogens with one attached hydrogen (secondary N) is 2. The van der Waals surface area contributed by atoms with Crippen molar-refractivity contribution < 1.29 is 14.0 Å². The highest BCUT2D eigenvalue weighted by atomic mass is 19.1. The Labute approximate surface area is 98.2 Å². The van der Waals surface area contributed by atoms with E-state index in [0.717, 1.165) is 6.07 Å². The Morgan fingerprint density at radius 3 is 2.65 bits per heavy atom. The predicted molar refractivity (Wildman–Crippen MR) is 60.7 cm³/mol. The van der Waals surface area contributed by atoms with Crippen LogP contribution < -0.4 is 16.4 Å². The van der Waals surface area contributed by atoms with E-state index in [1.54, 1.807) is 0 Å². The van der Waals surface area contributed by atoms with Crippen molar-refractivity contribution in [2.75, 3.05) is 13.6 Å². The Bertz CT molecular complexity index is 435. The Morgan fingerprint density at radius 2 is 2.12 bits per heavy atom. The van der Waals surface area contributed by atoms with Crippen LogP contribution in [-0.4, -0.2) is 25.4 Å². The molecule has 0 atom stereocenters. The van der Waals surface area contributed by atoms with Gasteiger partial charge in [-0.2, -0.15) is 0 Å². The fourth-order valence-electron chi connectivity index (χ4n) is 1.24. The summed E-state index contributed by atoms with van der Waals surface area (Å²) in [5.74, 6) is -1.38. The number of nitrogens with two attached hydrogens (primary N) is 1. The lowest BCUT2D eigenvalue weighted by Crippen LogP contribution is -2.31. The van der Waals surface area contributed by atoms with Crippen LogP contribution in [0.4, 0.5) is 4.39 Å².